The van der Waals surface area contributed by atoms with Crippen molar-refractivity contribution in [2.75, 3.05) is 57.8 Å². The van der Waals surface area contributed by atoms with Crippen LogP contribution in [-0.2, 0) is 28.9 Å². The first-order valence-electron chi connectivity index (χ1n) is 22.3. The summed E-state index contributed by atoms with van der Waals surface area (Å²) in [4.78, 5) is 60.3. The zero-order chi connectivity index (χ0) is 44.8. The van der Waals surface area contributed by atoms with Gasteiger partial charge in [0.25, 0.3) is 11.8 Å². The van der Waals surface area contributed by atoms with Crippen molar-refractivity contribution in [3.05, 3.63) is 99.2 Å². The summed E-state index contributed by atoms with van der Waals surface area (Å²) < 4.78 is 73.8. The van der Waals surface area contributed by atoms with E-state index in [1.54, 1.807) is 0 Å². The van der Waals surface area contributed by atoms with E-state index in [9.17, 15) is 32.3 Å². The van der Waals surface area contributed by atoms with Crippen molar-refractivity contribution in [2.45, 2.75) is 89.9 Å². The van der Waals surface area contributed by atoms with Crippen LogP contribution in [0.3, 0.4) is 0 Å². The monoisotopic (exact) mass is 874 g/mol. The molecule has 2 atom stereocenters. The number of carbonyl (C=O) groups excluding carboxylic acids is 4. The van der Waals surface area contributed by atoms with Crippen LogP contribution in [0.4, 0.5) is 27.6 Å². The van der Waals surface area contributed by atoms with Crippen LogP contribution in [0.1, 0.15) is 107 Å². The molecule has 3 amide bonds. The molecule has 9 rings (SSSR count). The van der Waals surface area contributed by atoms with Gasteiger partial charge in [-0.2, -0.15) is 13.2 Å². The Kier molecular flexibility index (Phi) is 12.6. The molecule has 336 valence electrons. The minimum absolute atomic E-state index is 0.0129. The molecule has 2 fully saturated rings. The Morgan fingerprint density at radius 1 is 0.905 bits per heavy atom. The molecule has 1 spiro atoms. The van der Waals surface area contributed by atoms with E-state index in [2.05, 4.69) is 15.2 Å². The molecular weight excluding hydrogens is 820 g/mol. The number of halogens is 5. The number of alkyl halides is 3. The maximum Gasteiger partial charge on any atom is 0.401 e. The lowest BCUT2D eigenvalue weighted by Crippen LogP contribution is -2.48. The Bertz CT molecular complexity index is 2330. The van der Waals surface area contributed by atoms with Gasteiger partial charge in [-0.1, -0.05) is 32.0 Å². The molecule has 1 aromatic heterocycles. The lowest BCUT2D eigenvalue weighted by molar-refractivity contribution is -0.150. The molecule has 1 aliphatic carbocycles. The van der Waals surface area contributed by atoms with Gasteiger partial charge in [0.05, 0.1) is 23.7 Å². The molecular formula is C48H55F5N6O4. The normalized spacial score (nSPS) is 20.7. The number of likely N-dealkylation sites (N-methyl/N-ethyl adjacent to an activating group) is 1. The summed E-state index contributed by atoms with van der Waals surface area (Å²) >= 11 is 0. The highest BCUT2D eigenvalue weighted by atomic mass is 19.4. The van der Waals surface area contributed by atoms with Gasteiger partial charge in [-0.15, -0.1) is 0 Å². The van der Waals surface area contributed by atoms with Crippen LogP contribution in [-0.4, -0.2) is 109 Å². The number of nitrogens with zero attached hydrogens (tertiary/aromatic N) is 4. The van der Waals surface area contributed by atoms with Crippen LogP contribution in [0.2, 0.25) is 0 Å². The smallest absolute Gasteiger partial charge is 0.371 e. The number of likely N-dealkylation sites (tertiary alicyclic amines) is 1. The summed E-state index contributed by atoms with van der Waals surface area (Å²) in [7, 11) is 1.43. The van der Waals surface area contributed by atoms with E-state index in [-0.39, 0.29) is 30.4 Å². The Morgan fingerprint density at radius 2 is 1.51 bits per heavy atom. The number of benzene rings is 3. The first kappa shape index (κ1) is 44.5. The van der Waals surface area contributed by atoms with E-state index in [4.69, 9.17) is 0 Å². The summed E-state index contributed by atoms with van der Waals surface area (Å²) in [5.41, 5.74) is 4.73. The molecule has 4 aromatic rings. The van der Waals surface area contributed by atoms with Crippen molar-refractivity contribution < 1.29 is 41.1 Å². The van der Waals surface area contributed by atoms with Crippen LogP contribution in [0.25, 0.3) is 10.9 Å². The van der Waals surface area contributed by atoms with Gasteiger partial charge in [-0.05, 0) is 123 Å². The van der Waals surface area contributed by atoms with Crippen molar-refractivity contribution in [1.82, 2.24) is 25.0 Å². The fraction of sp³-hybridized carbons (Fsp3) is 0.500. The van der Waals surface area contributed by atoms with E-state index in [0.717, 1.165) is 95.6 Å². The molecule has 5 heterocycles. The molecule has 2 unspecified atom stereocenters. The summed E-state index contributed by atoms with van der Waals surface area (Å²) in [6, 6.07) is 11.2. The van der Waals surface area contributed by atoms with E-state index in [0.29, 0.717) is 54.2 Å². The fourth-order valence-corrected chi connectivity index (χ4v) is 11.0. The zero-order valence-electron chi connectivity index (χ0n) is 36.1. The minimum Gasteiger partial charge on any atom is -0.371 e. The van der Waals surface area contributed by atoms with Crippen LogP contribution >= 0.6 is 0 Å². The molecule has 5 aliphatic rings. The Balaban J connectivity index is 0.00000268. The minimum atomic E-state index is -4.55. The number of carbonyl (C=O) groups is 4. The third-order valence-electron chi connectivity index (χ3n) is 14.2. The number of anilines is 1. The Hall–Kier alpha value is -5.15. The topological polar surface area (TPSA) is 109 Å². The number of fused-ring (bicyclic) bond motifs is 5. The second kappa shape index (κ2) is 17.8. The molecule has 63 heavy (non-hydrogen) atoms. The quantitative estimate of drug-likeness (QED) is 0.0953. The number of para-hydroxylation sites is 1. The number of aromatic amines is 1. The van der Waals surface area contributed by atoms with Gasteiger partial charge in [-0.25, -0.2) is 8.78 Å². The highest BCUT2D eigenvalue weighted by Crippen LogP contribution is 2.45. The van der Waals surface area contributed by atoms with Gasteiger partial charge >= 0.3 is 6.18 Å². The average Bonchev–Trinajstić information content (AvgIpc) is 3.92. The number of hydrogen-bond donors (Lipinski definition) is 2. The molecule has 0 radical (unpaired) electrons. The van der Waals surface area contributed by atoms with Crippen molar-refractivity contribution in [1.29, 1.82) is 0 Å². The van der Waals surface area contributed by atoms with Crippen molar-refractivity contribution >= 4 is 40.6 Å². The molecule has 15 heteroatoms. The molecule has 2 saturated heterocycles. The molecule has 3 aromatic carbocycles. The first-order chi connectivity index (χ1) is 30.3. The molecule has 0 saturated carbocycles. The Morgan fingerprint density at radius 3 is 2.10 bits per heavy atom. The molecule has 10 nitrogen and oxygen atoms in total. The van der Waals surface area contributed by atoms with Crippen LogP contribution < -0.4 is 10.2 Å². The summed E-state index contributed by atoms with van der Waals surface area (Å²) in [5, 5.41) is 3.35. The third-order valence-corrected chi connectivity index (χ3v) is 14.2. The van der Waals surface area contributed by atoms with Gasteiger partial charge in [0.2, 0.25) is 5.91 Å². The van der Waals surface area contributed by atoms with Crippen molar-refractivity contribution in [3.8, 4) is 0 Å². The number of rotatable bonds is 10. The lowest BCUT2D eigenvalue weighted by atomic mass is 9.71. The summed E-state index contributed by atoms with van der Waals surface area (Å²) in [5.74, 6) is -2.89. The number of nitrogens with one attached hydrogen (secondary N) is 2. The number of piperidine rings is 2. The number of imide groups is 1. The van der Waals surface area contributed by atoms with E-state index in [1.165, 1.54) is 19.2 Å². The molecule has 4 aliphatic heterocycles. The van der Waals surface area contributed by atoms with Gasteiger partial charge in [-0.3, -0.25) is 24.2 Å². The van der Waals surface area contributed by atoms with E-state index < -0.39 is 54.2 Å². The van der Waals surface area contributed by atoms with Gasteiger partial charge in [0, 0.05) is 67.5 Å². The second-order valence-electron chi connectivity index (χ2n) is 17.7. The maximum absolute atomic E-state index is 16.2. The van der Waals surface area contributed by atoms with Gasteiger partial charge in [0.1, 0.15) is 24.0 Å². The number of H-pyrrole nitrogens is 1. The zero-order valence-corrected chi connectivity index (χ0v) is 36.1. The number of amides is 3. The van der Waals surface area contributed by atoms with E-state index in [1.807, 2.05) is 55.1 Å². The van der Waals surface area contributed by atoms with E-state index >= 15 is 8.78 Å². The standard InChI is InChI=1S/C46H49F5N6O4.C2H6/c1-52-42(59)38(7-4-18-58)57-43(60)33-21-28-19-27(20-29(28)22-34(33)44(57)61)25-54-14-9-45(10-15-54)11-16-55(17-12-45)30-23-35(47)39(36(48)24-30)41-40-32(8-13-56(41)26-46(49,50)51)31-5-2-3-6-37(31)53-40;1-2/h2-3,5-6,18,21-24,27,38,41,53H,4,7-17,19-20,25-26H2,1H3,(H,52,59);1-2H3. The van der Waals surface area contributed by atoms with Crippen molar-refractivity contribution in [2.24, 2.45) is 11.3 Å². The van der Waals surface area contributed by atoms with Crippen LogP contribution in [0, 0.1) is 23.0 Å². The third kappa shape index (κ3) is 8.50. The van der Waals surface area contributed by atoms with Gasteiger partial charge in [0.15, 0.2) is 0 Å². The summed E-state index contributed by atoms with van der Waals surface area (Å²) in [6.07, 6.45) is 1.84. The predicted octanol–water partition coefficient (Wildman–Crippen LogP) is 7.77. The fourth-order valence-electron chi connectivity index (χ4n) is 11.0. The van der Waals surface area contributed by atoms with Crippen LogP contribution in [0.5, 0.6) is 0 Å². The average molecular weight is 875 g/mol. The van der Waals surface area contributed by atoms with Gasteiger partial charge < -0.3 is 24.9 Å². The molecule has 0 bridgehead atoms. The largest absolute Gasteiger partial charge is 0.401 e. The van der Waals surface area contributed by atoms with Crippen molar-refractivity contribution in [3.63, 3.8) is 0 Å². The molecule has 2 N–H and O–H groups in total. The highest BCUT2D eigenvalue weighted by molar-refractivity contribution is 6.23. The van der Waals surface area contributed by atoms with Crippen LogP contribution in [0.15, 0.2) is 48.5 Å². The first-order valence-corrected chi connectivity index (χ1v) is 22.3. The predicted molar refractivity (Wildman–Crippen MR) is 230 cm³/mol. The highest BCUT2D eigenvalue weighted by Gasteiger charge is 2.45. The number of aldehydes is 1. The number of aromatic nitrogens is 1. The number of hydrogen-bond acceptors (Lipinski definition) is 7. The Labute approximate surface area is 364 Å². The lowest BCUT2D eigenvalue weighted by Gasteiger charge is -2.48. The maximum atomic E-state index is 16.2. The SMILES string of the molecule is CC.CNC(=O)C(CCC=O)N1C(=O)c2cc3c(cc2C1=O)CC(CN1CCC2(CC1)CCN(c1cc(F)c(C4c5[nH]c6ccccc6c5CCN4CC(F)(F)F)c(F)c1)CC2)C3. The second-order valence-corrected chi connectivity index (χ2v) is 17.7. The summed E-state index contributed by atoms with van der Waals surface area (Å²) in [6.45, 7) is 6.68.